The third kappa shape index (κ3) is 4.34. The fourth-order valence-electron chi connectivity index (χ4n) is 1.68. The Balaban J connectivity index is 2.65. The van der Waals surface area contributed by atoms with Crippen molar-refractivity contribution >= 4 is 22.3 Å². The molecule has 1 rings (SSSR count). The molecule has 0 spiro atoms. The van der Waals surface area contributed by atoms with E-state index in [4.69, 9.17) is 4.74 Å². The van der Waals surface area contributed by atoms with Crippen LogP contribution in [0, 0.1) is 5.92 Å². The van der Waals surface area contributed by atoms with Crippen LogP contribution in [0.3, 0.4) is 0 Å². The monoisotopic (exact) mass is 256 g/mol. The highest BCUT2D eigenvalue weighted by atomic mass is 32.1. The van der Waals surface area contributed by atoms with E-state index in [1.807, 2.05) is 0 Å². The van der Waals surface area contributed by atoms with Gasteiger partial charge in [-0.3, -0.25) is 0 Å². The highest BCUT2D eigenvalue weighted by molar-refractivity contribution is 7.14. The first-order chi connectivity index (χ1) is 8.04. The topological polar surface area (TPSA) is 51.2 Å². The Morgan fingerprint density at radius 1 is 1.53 bits per heavy atom. The average molecular weight is 256 g/mol. The molecule has 1 N–H and O–H groups in total. The molecular formula is C12H20N2O2S. The molecule has 0 amide bonds. The Bertz CT molecular complexity index is 363. The first kappa shape index (κ1) is 14.0. The molecule has 0 saturated carbocycles. The lowest BCUT2D eigenvalue weighted by molar-refractivity contribution is 0.0521. The van der Waals surface area contributed by atoms with Crippen LogP contribution in [0.2, 0.25) is 0 Å². The molecule has 0 saturated heterocycles. The zero-order chi connectivity index (χ0) is 12.8. The van der Waals surface area contributed by atoms with Gasteiger partial charge in [-0.15, -0.1) is 11.3 Å². The molecule has 0 bridgehead atoms. The van der Waals surface area contributed by atoms with E-state index in [0.717, 1.165) is 11.4 Å². The predicted molar refractivity (Wildman–Crippen MR) is 70.6 cm³/mol. The predicted octanol–water partition coefficient (Wildman–Crippen LogP) is 3.17. The fourth-order valence-corrected chi connectivity index (χ4v) is 2.46. The van der Waals surface area contributed by atoms with Gasteiger partial charge in [0, 0.05) is 6.04 Å². The number of aromatic nitrogens is 1. The van der Waals surface area contributed by atoms with Gasteiger partial charge in [0.25, 0.3) is 0 Å². The Morgan fingerprint density at radius 3 is 2.82 bits per heavy atom. The molecule has 0 aromatic carbocycles. The lowest BCUT2D eigenvalue weighted by Gasteiger charge is -2.16. The van der Waals surface area contributed by atoms with Crippen molar-refractivity contribution < 1.29 is 9.53 Å². The van der Waals surface area contributed by atoms with Gasteiger partial charge in [-0.05, 0) is 26.2 Å². The summed E-state index contributed by atoms with van der Waals surface area (Å²) in [6.07, 6.45) is 1.06. The molecule has 1 unspecified atom stereocenters. The number of carbonyl (C=O) groups is 1. The number of carbonyl (C=O) groups excluding carboxylic acids is 1. The van der Waals surface area contributed by atoms with Crippen LogP contribution in [0.5, 0.6) is 0 Å². The maximum Gasteiger partial charge on any atom is 0.360 e. The van der Waals surface area contributed by atoms with E-state index in [1.165, 1.54) is 11.3 Å². The van der Waals surface area contributed by atoms with Gasteiger partial charge in [0.05, 0.1) is 12.1 Å². The van der Waals surface area contributed by atoms with E-state index >= 15 is 0 Å². The largest absolute Gasteiger partial charge is 0.461 e. The summed E-state index contributed by atoms with van der Waals surface area (Å²) in [4.78, 5) is 15.7. The summed E-state index contributed by atoms with van der Waals surface area (Å²) in [6, 6.07) is 0.323. The zero-order valence-corrected chi connectivity index (χ0v) is 11.6. The van der Waals surface area contributed by atoms with Gasteiger partial charge in [-0.25, -0.2) is 9.78 Å². The number of rotatable bonds is 6. The van der Waals surface area contributed by atoms with Crippen molar-refractivity contribution in [3.63, 3.8) is 0 Å². The minimum absolute atomic E-state index is 0.323. The molecule has 1 aromatic heterocycles. The molecule has 17 heavy (non-hydrogen) atoms. The standard InChI is InChI=1S/C12H20N2O2S/c1-5-16-12(15)10-11(17-7-13-10)14-9(4)6-8(2)3/h7-9,14H,5-6H2,1-4H3. The van der Waals surface area contributed by atoms with E-state index in [1.54, 1.807) is 12.4 Å². The van der Waals surface area contributed by atoms with Gasteiger partial charge in [0.2, 0.25) is 0 Å². The summed E-state index contributed by atoms with van der Waals surface area (Å²) in [7, 11) is 0. The molecule has 5 heteroatoms. The van der Waals surface area contributed by atoms with Crippen molar-refractivity contribution in [1.82, 2.24) is 4.98 Å². The summed E-state index contributed by atoms with van der Waals surface area (Å²) < 4.78 is 4.95. The van der Waals surface area contributed by atoms with E-state index in [2.05, 4.69) is 31.1 Å². The van der Waals surface area contributed by atoms with Gasteiger partial charge in [-0.2, -0.15) is 0 Å². The van der Waals surface area contributed by atoms with Crippen molar-refractivity contribution in [2.45, 2.75) is 40.2 Å². The highest BCUT2D eigenvalue weighted by Gasteiger charge is 2.17. The van der Waals surface area contributed by atoms with Crippen molar-refractivity contribution in [2.24, 2.45) is 5.92 Å². The Morgan fingerprint density at radius 2 is 2.24 bits per heavy atom. The van der Waals surface area contributed by atoms with E-state index < -0.39 is 0 Å². The number of esters is 1. The third-order valence-electron chi connectivity index (χ3n) is 2.24. The van der Waals surface area contributed by atoms with E-state index in [9.17, 15) is 4.79 Å². The molecular weight excluding hydrogens is 236 g/mol. The molecule has 1 atom stereocenters. The Kier molecular flexibility index (Phi) is 5.41. The molecule has 0 fully saturated rings. The van der Waals surface area contributed by atoms with Crippen LogP contribution in [-0.4, -0.2) is 23.6 Å². The molecule has 0 aliphatic carbocycles. The van der Waals surface area contributed by atoms with Gasteiger partial charge in [0.1, 0.15) is 5.00 Å². The summed E-state index contributed by atoms with van der Waals surface area (Å²) in [5, 5.41) is 4.12. The van der Waals surface area contributed by atoms with Crippen LogP contribution in [0.25, 0.3) is 0 Å². The fraction of sp³-hybridized carbons (Fsp3) is 0.667. The normalized spacial score (nSPS) is 12.5. The van der Waals surface area contributed by atoms with E-state index in [0.29, 0.717) is 24.3 Å². The summed E-state index contributed by atoms with van der Waals surface area (Å²) >= 11 is 1.44. The SMILES string of the molecule is CCOC(=O)c1ncsc1NC(C)CC(C)C. The van der Waals surface area contributed by atoms with Crippen LogP contribution in [0.15, 0.2) is 5.51 Å². The first-order valence-corrected chi connectivity index (χ1v) is 6.79. The Hall–Kier alpha value is -1.10. The number of thiazole rings is 1. The van der Waals surface area contributed by atoms with Gasteiger partial charge in [0.15, 0.2) is 5.69 Å². The lowest BCUT2D eigenvalue weighted by Crippen LogP contribution is -2.19. The third-order valence-corrected chi connectivity index (χ3v) is 3.00. The second kappa shape index (κ2) is 6.59. The number of ether oxygens (including phenoxy) is 1. The maximum absolute atomic E-state index is 11.6. The van der Waals surface area contributed by atoms with Crippen LogP contribution in [0.1, 0.15) is 44.6 Å². The highest BCUT2D eigenvalue weighted by Crippen LogP contribution is 2.23. The summed E-state index contributed by atoms with van der Waals surface area (Å²) in [5.74, 6) is 0.268. The lowest BCUT2D eigenvalue weighted by atomic mass is 10.1. The van der Waals surface area contributed by atoms with Crippen LogP contribution >= 0.6 is 11.3 Å². The first-order valence-electron chi connectivity index (χ1n) is 5.91. The minimum atomic E-state index is -0.354. The van der Waals surface area contributed by atoms with Crippen molar-refractivity contribution in [3.05, 3.63) is 11.2 Å². The summed E-state index contributed by atoms with van der Waals surface area (Å²) in [6.45, 7) is 8.62. The second-order valence-corrected chi connectivity index (χ2v) is 5.28. The molecule has 1 heterocycles. The van der Waals surface area contributed by atoms with E-state index in [-0.39, 0.29) is 5.97 Å². The molecule has 0 aliphatic rings. The second-order valence-electron chi connectivity index (χ2n) is 4.43. The van der Waals surface area contributed by atoms with Gasteiger partial charge in [-0.1, -0.05) is 13.8 Å². The maximum atomic E-state index is 11.6. The average Bonchev–Trinajstić information content (AvgIpc) is 2.64. The summed E-state index contributed by atoms with van der Waals surface area (Å²) in [5.41, 5.74) is 2.06. The van der Waals surface area contributed by atoms with Crippen molar-refractivity contribution in [1.29, 1.82) is 0 Å². The quantitative estimate of drug-likeness (QED) is 0.794. The van der Waals surface area contributed by atoms with Crippen molar-refractivity contribution in [3.8, 4) is 0 Å². The van der Waals surface area contributed by atoms with Crippen LogP contribution in [-0.2, 0) is 4.74 Å². The Labute approximate surface area is 106 Å². The molecule has 4 nitrogen and oxygen atoms in total. The van der Waals surface area contributed by atoms with Gasteiger partial charge >= 0.3 is 5.97 Å². The number of hydrogen-bond donors (Lipinski definition) is 1. The number of nitrogens with one attached hydrogen (secondary N) is 1. The molecule has 0 aliphatic heterocycles. The molecule has 1 aromatic rings. The smallest absolute Gasteiger partial charge is 0.360 e. The number of hydrogen-bond acceptors (Lipinski definition) is 5. The van der Waals surface area contributed by atoms with Gasteiger partial charge < -0.3 is 10.1 Å². The minimum Gasteiger partial charge on any atom is -0.461 e. The molecule has 96 valence electrons. The van der Waals surface area contributed by atoms with Crippen molar-refractivity contribution in [2.75, 3.05) is 11.9 Å². The van der Waals surface area contributed by atoms with Crippen LogP contribution in [0.4, 0.5) is 5.00 Å². The number of anilines is 1. The zero-order valence-electron chi connectivity index (χ0n) is 10.8. The molecule has 0 radical (unpaired) electrons. The number of nitrogens with zero attached hydrogens (tertiary/aromatic N) is 1. The van der Waals surface area contributed by atoms with Crippen LogP contribution < -0.4 is 5.32 Å².